The molecule has 6 nitrogen and oxygen atoms in total. The highest BCUT2D eigenvalue weighted by molar-refractivity contribution is 7.98. The van der Waals surface area contributed by atoms with Crippen molar-refractivity contribution in [1.82, 2.24) is 14.6 Å². The number of thioether (sulfide) groups is 1. The Kier molecular flexibility index (Phi) is 9.51. The average Bonchev–Trinajstić information content (AvgIpc) is 3.39. The van der Waals surface area contributed by atoms with Crippen LogP contribution in [0.15, 0.2) is 35.4 Å². The van der Waals surface area contributed by atoms with Gasteiger partial charge in [0.25, 0.3) is 6.43 Å². The van der Waals surface area contributed by atoms with Gasteiger partial charge in [-0.05, 0) is 24.5 Å². The third-order valence-electron chi connectivity index (χ3n) is 4.77. The van der Waals surface area contributed by atoms with Crippen LogP contribution in [0.25, 0.3) is 5.65 Å². The largest absolute Gasteiger partial charge is 0.399 e. The van der Waals surface area contributed by atoms with Gasteiger partial charge in [-0.2, -0.15) is 18.3 Å². The summed E-state index contributed by atoms with van der Waals surface area (Å²) in [5.41, 5.74) is 1.01. The van der Waals surface area contributed by atoms with E-state index >= 15 is 0 Å². The fraction of sp³-hybridized carbons (Fsp3) is 0.381. The fourth-order valence-corrected chi connectivity index (χ4v) is 4.02. The van der Waals surface area contributed by atoms with E-state index < -0.39 is 25.1 Å². The van der Waals surface area contributed by atoms with Gasteiger partial charge in [-0.15, -0.1) is 11.8 Å². The molecule has 1 aliphatic rings. The first-order valence-electron chi connectivity index (χ1n) is 10.1. The number of hydrogen-bond donors (Lipinski definition) is 1. The summed E-state index contributed by atoms with van der Waals surface area (Å²) in [7, 11) is 1.71. The molecule has 0 saturated carbocycles. The van der Waals surface area contributed by atoms with Crippen LogP contribution in [0, 0.1) is 0 Å². The summed E-state index contributed by atoms with van der Waals surface area (Å²) in [6.45, 7) is 3.53. The van der Waals surface area contributed by atoms with E-state index in [0.717, 1.165) is 9.42 Å². The second-order valence-electron chi connectivity index (χ2n) is 6.63. The van der Waals surface area contributed by atoms with Crippen molar-refractivity contribution in [1.29, 1.82) is 0 Å². The van der Waals surface area contributed by atoms with E-state index in [9.17, 15) is 26.7 Å². The van der Waals surface area contributed by atoms with Crippen LogP contribution in [0.4, 0.5) is 33.3 Å². The lowest BCUT2D eigenvalue weighted by molar-refractivity contribution is -0.147. The summed E-state index contributed by atoms with van der Waals surface area (Å²) < 4.78 is 65.2. The second kappa shape index (κ2) is 11.7. The SMILES string of the molecule is CC.CNc1ccc(SC)c(C(F)F)c1.O=CN1CC(C(F)(F)F)c2c1cnc1cc(Cl)nn21. The summed E-state index contributed by atoms with van der Waals surface area (Å²) in [6.07, 6.45) is -3.51. The molecule has 1 aromatic carbocycles. The molecule has 2 aromatic heterocycles. The predicted octanol–water partition coefficient (Wildman–Crippen LogP) is 6.42. The number of carbonyl (C=O) groups excluding carboxylic acids is 1. The summed E-state index contributed by atoms with van der Waals surface area (Å²) in [5.74, 6) is -1.80. The minimum absolute atomic E-state index is 0.0476. The number of nitrogens with one attached hydrogen (secondary N) is 1. The first-order valence-corrected chi connectivity index (χ1v) is 11.7. The second-order valence-corrected chi connectivity index (χ2v) is 7.86. The van der Waals surface area contributed by atoms with Crippen molar-refractivity contribution >= 4 is 46.8 Å². The van der Waals surface area contributed by atoms with Crippen LogP contribution in [0.2, 0.25) is 5.15 Å². The van der Waals surface area contributed by atoms with Crippen LogP contribution in [0.3, 0.4) is 0 Å². The normalized spacial score (nSPS) is 14.8. The molecule has 34 heavy (non-hydrogen) atoms. The molecule has 0 bridgehead atoms. The van der Waals surface area contributed by atoms with Crippen molar-refractivity contribution < 1.29 is 26.7 Å². The molecule has 1 N–H and O–H groups in total. The van der Waals surface area contributed by atoms with E-state index in [1.54, 1.807) is 25.4 Å². The van der Waals surface area contributed by atoms with Crippen molar-refractivity contribution in [2.75, 3.05) is 30.1 Å². The molecule has 1 unspecified atom stereocenters. The monoisotopic (exact) mass is 523 g/mol. The molecule has 0 fully saturated rings. The van der Waals surface area contributed by atoms with Crippen molar-refractivity contribution in [3.8, 4) is 0 Å². The van der Waals surface area contributed by atoms with Gasteiger partial charge >= 0.3 is 6.18 Å². The highest BCUT2D eigenvalue weighted by Gasteiger charge is 2.49. The lowest BCUT2D eigenvalue weighted by atomic mass is 10.1. The van der Waals surface area contributed by atoms with Crippen molar-refractivity contribution in [3.05, 3.63) is 46.9 Å². The summed E-state index contributed by atoms with van der Waals surface area (Å²) in [4.78, 5) is 16.4. The van der Waals surface area contributed by atoms with Crippen LogP contribution in [-0.2, 0) is 4.79 Å². The minimum atomic E-state index is -4.47. The highest BCUT2D eigenvalue weighted by atomic mass is 35.5. The number of halogens is 6. The van der Waals surface area contributed by atoms with Crippen LogP contribution in [0.5, 0.6) is 0 Å². The predicted molar refractivity (Wildman–Crippen MR) is 124 cm³/mol. The van der Waals surface area contributed by atoms with Gasteiger partial charge in [-0.25, -0.2) is 18.3 Å². The lowest BCUT2D eigenvalue weighted by Crippen LogP contribution is -2.27. The van der Waals surface area contributed by atoms with Gasteiger partial charge in [0.1, 0.15) is 5.92 Å². The van der Waals surface area contributed by atoms with Crippen LogP contribution >= 0.6 is 23.4 Å². The molecule has 3 aromatic rings. The molecule has 1 atom stereocenters. The van der Waals surface area contributed by atoms with Gasteiger partial charge in [0.05, 0.1) is 17.6 Å². The highest BCUT2D eigenvalue weighted by Crippen LogP contribution is 2.44. The summed E-state index contributed by atoms with van der Waals surface area (Å²) >= 11 is 7.02. The molecule has 3 heterocycles. The maximum Gasteiger partial charge on any atom is 0.399 e. The van der Waals surface area contributed by atoms with E-state index in [2.05, 4.69) is 15.4 Å². The smallest absolute Gasteiger partial charge is 0.388 e. The first-order chi connectivity index (χ1) is 16.1. The Balaban J connectivity index is 0.000000239. The number of benzene rings is 1. The number of rotatable bonds is 4. The Morgan fingerprint density at radius 1 is 1.26 bits per heavy atom. The van der Waals surface area contributed by atoms with E-state index in [-0.39, 0.29) is 27.7 Å². The molecule has 0 saturated heterocycles. The fourth-order valence-electron chi connectivity index (χ4n) is 3.26. The van der Waals surface area contributed by atoms with Gasteiger partial charge in [0.15, 0.2) is 10.8 Å². The number of anilines is 2. The zero-order valence-corrected chi connectivity index (χ0v) is 20.3. The Hall–Kier alpha value is -2.60. The standard InChI is InChI=1S/C10H6ClF3N4O.C9H11F2NS.C2H6/c11-7-1-8-15-2-6-9(18(8)16-7)5(10(12,13)14)3-17(6)4-19;1-12-6-3-4-8(13-2)7(5-6)9(10)11;1-2/h1-2,4-5H,3H2;3-5,9,12H,1-2H3;1-2H3. The number of alkyl halides is 5. The minimum Gasteiger partial charge on any atom is -0.388 e. The van der Waals surface area contributed by atoms with Crippen LogP contribution in [0.1, 0.15) is 37.4 Å². The van der Waals surface area contributed by atoms with Gasteiger partial charge in [-0.1, -0.05) is 25.4 Å². The zero-order chi connectivity index (χ0) is 25.6. The molecule has 13 heteroatoms. The molecule has 1 amide bonds. The van der Waals surface area contributed by atoms with Crippen molar-refractivity contribution in [3.63, 3.8) is 0 Å². The Morgan fingerprint density at radius 3 is 2.47 bits per heavy atom. The lowest BCUT2D eigenvalue weighted by Gasteiger charge is -2.15. The quantitative estimate of drug-likeness (QED) is 0.243. The summed E-state index contributed by atoms with van der Waals surface area (Å²) in [5, 5.41) is 6.67. The molecular formula is C21H23ClF5N5OS. The average molecular weight is 524 g/mol. The van der Waals surface area contributed by atoms with Crippen LogP contribution in [-0.4, -0.2) is 47.0 Å². The number of amides is 1. The van der Waals surface area contributed by atoms with Crippen molar-refractivity contribution in [2.45, 2.75) is 37.3 Å². The van der Waals surface area contributed by atoms with E-state index in [4.69, 9.17) is 11.6 Å². The number of fused-ring (bicyclic) bond motifs is 3. The first kappa shape index (κ1) is 27.6. The Bertz CT molecular complexity index is 1120. The number of nitrogens with zero attached hydrogens (tertiary/aromatic N) is 4. The maximum absolute atomic E-state index is 13.0. The van der Waals surface area contributed by atoms with Gasteiger partial charge in [0, 0.05) is 35.8 Å². The Labute approximate surface area is 202 Å². The molecule has 1 aliphatic heterocycles. The number of hydrogen-bond acceptors (Lipinski definition) is 5. The van der Waals surface area contributed by atoms with Gasteiger partial charge in [-0.3, -0.25) is 4.79 Å². The third kappa shape index (κ3) is 5.90. The van der Waals surface area contributed by atoms with Gasteiger partial charge in [0.2, 0.25) is 6.41 Å². The molecule has 0 spiro atoms. The third-order valence-corrected chi connectivity index (χ3v) is 5.76. The van der Waals surface area contributed by atoms with Crippen LogP contribution < -0.4 is 10.2 Å². The molecular weight excluding hydrogens is 501 g/mol. The van der Waals surface area contributed by atoms with E-state index in [0.29, 0.717) is 17.0 Å². The number of aromatic nitrogens is 3. The van der Waals surface area contributed by atoms with Gasteiger partial charge < -0.3 is 10.2 Å². The number of carbonyl (C=O) groups is 1. The van der Waals surface area contributed by atoms with Crippen molar-refractivity contribution in [2.24, 2.45) is 0 Å². The Morgan fingerprint density at radius 2 is 1.94 bits per heavy atom. The van der Waals surface area contributed by atoms with E-state index in [1.807, 2.05) is 13.8 Å². The molecule has 0 radical (unpaired) electrons. The van der Waals surface area contributed by atoms with E-state index in [1.165, 1.54) is 30.1 Å². The molecule has 186 valence electrons. The topological polar surface area (TPSA) is 62.5 Å². The molecule has 4 rings (SSSR count). The summed E-state index contributed by atoms with van der Waals surface area (Å²) in [6, 6.07) is 6.34. The molecule has 0 aliphatic carbocycles. The zero-order valence-electron chi connectivity index (χ0n) is 18.7. The maximum atomic E-state index is 13.0.